The normalized spacial score (nSPS) is 48.8. The van der Waals surface area contributed by atoms with Crippen molar-refractivity contribution >= 4 is 15.8 Å². The van der Waals surface area contributed by atoms with Crippen molar-refractivity contribution in [3.63, 3.8) is 0 Å². The van der Waals surface area contributed by atoms with Gasteiger partial charge in [-0.1, -0.05) is 58.9 Å². The lowest BCUT2D eigenvalue weighted by atomic mass is 9.32. The number of fused-ring (bicyclic) bond motifs is 7. The first kappa shape index (κ1) is 35.6. The van der Waals surface area contributed by atoms with Crippen LogP contribution in [0.4, 0.5) is 0 Å². The molecule has 9 atom stereocenters. The fraction of sp³-hybridized carbons (Fsp3) is 0.837. The third kappa shape index (κ3) is 5.03. The summed E-state index contributed by atoms with van der Waals surface area (Å²) in [6, 6.07) is 0. The molecule has 0 radical (unpaired) electrons. The minimum absolute atomic E-state index is 0.135. The molecule has 0 aromatic carbocycles. The Balaban J connectivity index is 1.03. The van der Waals surface area contributed by atoms with Crippen LogP contribution in [0.15, 0.2) is 35.5 Å². The topological polar surface area (TPSA) is 86.7 Å². The lowest BCUT2D eigenvalue weighted by Crippen LogP contribution is -2.68. The van der Waals surface area contributed by atoms with E-state index in [-0.39, 0.29) is 22.3 Å². The van der Waals surface area contributed by atoms with Crippen molar-refractivity contribution in [2.24, 2.45) is 62.6 Å². The Morgan fingerprint density at radius 2 is 1.66 bits per heavy atom. The Labute approximate surface area is 303 Å². The van der Waals surface area contributed by atoms with Crippen LogP contribution in [0.2, 0.25) is 0 Å². The molecule has 50 heavy (non-hydrogen) atoms. The van der Waals surface area contributed by atoms with E-state index in [0.29, 0.717) is 64.5 Å². The van der Waals surface area contributed by atoms with Crippen molar-refractivity contribution in [2.45, 2.75) is 124 Å². The van der Waals surface area contributed by atoms with Crippen molar-refractivity contribution in [1.82, 2.24) is 10.2 Å². The van der Waals surface area contributed by atoms with Crippen LogP contribution < -0.4 is 5.32 Å². The number of nitrogens with zero attached hydrogens (tertiary/aromatic N) is 1. The van der Waals surface area contributed by atoms with E-state index in [2.05, 4.69) is 70.5 Å². The maximum Gasteiger partial charge on any atom is 0.306 e. The quantitative estimate of drug-likeness (QED) is 0.261. The summed E-state index contributed by atoms with van der Waals surface area (Å²) in [4.78, 5) is 13.9. The molecule has 5 saturated carbocycles. The molecule has 8 rings (SSSR count). The van der Waals surface area contributed by atoms with Gasteiger partial charge in [0.25, 0.3) is 0 Å². The summed E-state index contributed by atoms with van der Waals surface area (Å²) in [5.41, 5.74) is 5.87. The van der Waals surface area contributed by atoms with Crippen LogP contribution in [0.1, 0.15) is 119 Å². The predicted molar refractivity (Wildman–Crippen MR) is 201 cm³/mol. The smallest absolute Gasteiger partial charge is 0.306 e. The van der Waals surface area contributed by atoms with Crippen LogP contribution in [-0.2, 0) is 14.6 Å². The zero-order valence-corrected chi connectivity index (χ0v) is 32.9. The van der Waals surface area contributed by atoms with Gasteiger partial charge in [0.15, 0.2) is 9.84 Å². The van der Waals surface area contributed by atoms with Gasteiger partial charge in [-0.3, -0.25) is 4.79 Å². The lowest BCUT2D eigenvalue weighted by molar-refractivity contribution is -0.221. The average molecular weight is 707 g/mol. The van der Waals surface area contributed by atoms with Gasteiger partial charge >= 0.3 is 5.97 Å². The maximum atomic E-state index is 12.0. The van der Waals surface area contributed by atoms with Gasteiger partial charge in [-0.15, -0.1) is 0 Å². The molecular weight excluding hydrogens is 641 g/mol. The van der Waals surface area contributed by atoms with E-state index in [1.165, 1.54) is 68.9 Å². The minimum atomic E-state index is -2.85. The molecular formula is C43H66N2O4S. The number of aliphatic carboxylic acids is 1. The second-order valence-electron chi connectivity index (χ2n) is 20.5. The molecule has 8 aliphatic rings. The van der Waals surface area contributed by atoms with E-state index in [1.54, 1.807) is 5.57 Å². The van der Waals surface area contributed by atoms with Gasteiger partial charge in [-0.2, -0.15) is 0 Å². The van der Waals surface area contributed by atoms with Crippen LogP contribution in [0.25, 0.3) is 0 Å². The molecule has 0 amide bonds. The van der Waals surface area contributed by atoms with Crippen LogP contribution >= 0.6 is 0 Å². The zero-order valence-electron chi connectivity index (χ0n) is 32.1. The fourth-order valence-electron chi connectivity index (χ4n) is 15.3. The number of carboxylic acid groups (broad SMARTS) is 1. The Morgan fingerprint density at radius 1 is 0.960 bits per heavy atom. The molecule has 6 fully saturated rings. The van der Waals surface area contributed by atoms with Crippen LogP contribution in [0.5, 0.6) is 0 Å². The second-order valence-corrected chi connectivity index (χ2v) is 22.8. The largest absolute Gasteiger partial charge is 0.481 e. The highest BCUT2D eigenvalue weighted by Gasteiger charge is 2.70. The first-order valence-electron chi connectivity index (χ1n) is 20.4. The number of hydrogen-bond acceptors (Lipinski definition) is 5. The van der Waals surface area contributed by atoms with Crippen molar-refractivity contribution < 1.29 is 18.3 Å². The molecule has 7 aliphatic carbocycles. The summed E-state index contributed by atoms with van der Waals surface area (Å²) in [5, 5.41) is 13.7. The van der Waals surface area contributed by atoms with E-state index in [9.17, 15) is 18.3 Å². The first-order valence-corrected chi connectivity index (χ1v) is 22.2. The number of carboxylic acids is 1. The van der Waals surface area contributed by atoms with Gasteiger partial charge in [0.05, 0.1) is 17.4 Å². The monoisotopic (exact) mass is 706 g/mol. The van der Waals surface area contributed by atoms with Gasteiger partial charge in [0, 0.05) is 31.7 Å². The predicted octanol–water partition coefficient (Wildman–Crippen LogP) is 8.06. The standard InChI is InChI=1S/C43H66N2O4S/c1-28(2)31-10-15-43(44-18-19-45-20-22-50(48,49)23-21-45)17-16-40(6)33(36(31)43)8-9-35-39(5)13-11-32(38(3,4)34(39)12-14-41(35,40)7)29-24-42(25-29)26-30(27-42)37(46)47/h11,24,30-31,33-36,44H,1,8-10,12-23,25-27H2,2-7H3,(H,46,47)/t30?,31-,33+,34-,35+,36+,39-,40+,41+,42?,43-/m0/s1. The molecule has 7 heteroatoms. The third-order valence-electron chi connectivity index (χ3n) is 18.0. The summed E-state index contributed by atoms with van der Waals surface area (Å²) < 4.78 is 24.1. The molecule has 278 valence electrons. The van der Waals surface area contributed by atoms with Crippen LogP contribution in [-0.4, -0.2) is 67.6 Å². The number of hydrogen-bond donors (Lipinski definition) is 2. The number of sulfone groups is 1. The fourth-order valence-corrected chi connectivity index (χ4v) is 16.6. The van der Waals surface area contributed by atoms with Crippen LogP contribution in [0.3, 0.4) is 0 Å². The summed E-state index contributed by atoms with van der Waals surface area (Å²) in [6.07, 6.45) is 19.4. The van der Waals surface area contributed by atoms with Gasteiger partial charge in [-0.05, 0) is 152 Å². The molecule has 0 aromatic rings. The molecule has 0 bridgehead atoms. The molecule has 1 spiro atoms. The van der Waals surface area contributed by atoms with E-state index in [4.69, 9.17) is 0 Å². The van der Waals surface area contributed by atoms with Gasteiger partial charge in [0.1, 0.15) is 0 Å². The van der Waals surface area contributed by atoms with Crippen LogP contribution in [0, 0.1) is 62.6 Å². The molecule has 1 aliphatic heterocycles. The van der Waals surface area contributed by atoms with E-state index in [0.717, 1.165) is 38.3 Å². The van der Waals surface area contributed by atoms with Gasteiger partial charge < -0.3 is 15.3 Å². The highest BCUT2D eigenvalue weighted by Crippen LogP contribution is 2.77. The van der Waals surface area contributed by atoms with Crippen molar-refractivity contribution in [1.29, 1.82) is 0 Å². The Bertz CT molecular complexity index is 1610. The Hall–Kier alpha value is -1.44. The summed E-state index contributed by atoms with van der Waals surface area (Å²) in [6.45, 7) is 23.4. The molecule has 1 saturated heterocycles. The first-order chi connectivity index (χ1) is 23.4. The van der Waals surface area contributed by atoms with E-state index < -0.39 is 15.8 Å². The number of rotatable bonds is 7. The molecule has 0 aromatic heterocycles. The summed E-state index contributed by atoms with van der Waals surface area (Å²) in [5.74, 6) is 3.15. The highest BCUT2D eigenvalue weighted by molar-refractivity contribution is 7.91. The van der Waals surface area contributed by atoms with Crippen molar-refractivity contribution in [3.8, 4) is 0 Å². The highest BCUT2D eigenvalue weighted by atomic mass is 32.2. The lowest BCUT2D eigenvalue weighted by Gasteiger charge is -2.72. The van der Waals surface area contributed by atoms with Gasteiger partial charge in [0.2, 0.25) is 0 Å². The Kier molecular flexibility index (Phi) is 8.21. The average Bonchev–Trinajstić information content (AvgIpc) is 3.38. The SMILES string of the molecule is C=C(C)[C@@H]1CC[C@]2(NCCN3CCS(=O)(=O)CC3)CC[C@]3(C)[C@H](CC[C@@H]4[C@@]5(C)CC=C(C6=CC7(C6)CC(C(=O)O)C7)C(C)(C)[C@@H]5CC[C@]43C)[C@@H]12. The van der Waals surface area contributed by atoms with Crippen molar-refractivity contribution in [2.75, 3.05) is 37.7 Å². The minimum Gasteiger partial charge on any atom is -0.481 e. The maximum absolute atomic E-state index is 12.0. The summed E-state index contributed by atoms with van der Waals surface area (Å²) in [7, 11) is -2.85. The molecule has 2 N–H and O–H groups in total. The molecule has 1 heterocycles. The van der Waals surface area contributed by atoms with Crippen molar-refractivity contribution in [3.05, 3.63) is 35.5 Å². The second kappa shape index (κ2) is 11.5. The van der Waals surface area contributed by atoms with E-state index in [1.807, 2.05) is 0 Å². The number of allylic oxidation sites excluding steroid dienone is 5. The number of carbonyl (C=O) groups is 1. The van der Waals surface area contributed by atoms with Gasteiger partial charge in [-0.25, -0.2) is 8.42 Å². The number of nitrogens with one attached hydrogen (secondary N) is 1. The molecule has 0 unspecified atom stereocenters. The Morgan fingerprint density at radius 3 is 2.32 bits per heavy atom. The summed E-state index contributed by atoms with van der Waals surface area (Å²) >= 11 is 0. The van der Waals surface area contributed by atoms with E-state index >= 15 is 0 Å². The third-order valence-corrected chi connectivity index (χ3v) is 19.6. The molecule has 6 nitrogen and oxygen atoms in total. The zero-order chi connectivity index (χ0) is 35.7.